The van der Waals surface area contributed by atoms with E-state index in [1.54, 1.807) is 6.07 Å². The third-order valence-corrected chi connectivity index (χ3v) is 4.01. The summed E-state index contributed by atoms with van der Waals surface area (Å²) in [5, 5.41) is 5.64. The van der Waals surface area contributed by atoms with Gasteiger partial charge in [-0.05, 0) is 71.2 Å². The lowest BCUT2D eigenvalue weighted by molar-refractivity contribution is 0.0978. The first kappa shape index (κ1) is 17.4. The summed E-state index contributed by atoms with van der Waals surface area (Å²) in [6.45, 7) is 0. The molecule has 3 nitrogen and oxygen atoms in total. The average molecular weight is 469 g/mol. The zero-order valence-corrected chi connectivity index (χ0v) is 15.3. The van der Waals surface area contributed by atoms with Gasteiger partial charge in [0.2, 0.25) is 0 Å². The van der Waals surface area contributed by atoms with Crippen molar-refractivity contribution in [3.8, 4) is 0 Å². The molecule has 8 heteroatoms. The molecule has 0 radical (unpaired) electrons. The van der Waals surface area contributed by atoms with Crippen molar-refractivity contribution in [2.45, 2.75) is 0 Å². The highest BCUT2D eigenvalue weighted by Gasteiger charge is 2.13. The molecule has 0 aliphatic rings. The van der Waals surface area contributed by atoms with Gasteiger partial charge in [-0.15, -0.1) is 0 Å². The van der Waals surface area contributed by atoms with E-state index in [1.165, 1.54) is 30.3 Å². The van der Waals surface area contributed by atoms with Gasteiger partial charge in [0, 0.05) is 8.59 Å². The van der Waals surface area contributed by atoms with E-state index in [1.807, 2.05) is 22.6 Å². The Labute approximate surface area is 155 Å². The first-order valence-electron chi connectivity index (χ1n) is 5.89. The lowest BCUT2D eigenvalue weighted by Crippen LogP contribution is -2.34. The third-order valence-electron chi connectivity index (χ3n) is 2.58. The van der Waals surface area contributed by atoms with Gasteiger partial charge in [-0.2, -0.15) is 0 Å². The summed E-state index contributed by atoms with van der Waals surface area (Å²) in [5.41, 5.74) is 0.395. The van der Waals surface area contributed by atoms with Gasteiger partial charge in [0.15, 0.2) is 5.11 Å². The van der Waals surface area contributed by atoms with Gasteiger partial charge in [-0.25, -0.2) is 4.39 Å². The van der Waals surface area contributed by atoms with Gasteiger partial charge in [-0.1, -0.05) is 23.2 Å². The Morgan fingerprint density at radius 2 is 1.91 bits per heavy atom. The standard InChI is InChI=1S/C14H8Cl2FIN2OS/c15-7-1-3-9(10(16)5-7)13(21)20-14(22)19-12-4-2-8(18)6-11(12)17/h1-6H,(H2,19,20,21,22). The SMILES string of the molecule is O=C(NC(=S)Nc1ccc(I)cc1F)c1ccc(Cl)cc1Cl. The van der Waals surface area contributed by atoms with Crippen LogP contribution in [-0.4, -0.2) is 11.0 Å². The van der Waals surface area contributed by atoms with Crippen molar-refractivity contribution >= 4 is 74.7 Å². The van der Waals surface area contributed by atoms with Crippen LogP contribution in [0.1, 0.15) is 10.4 Å². The average Bonchev–Trinajstić information content (AvgIpc) is 2.41. The summed E-state index contributed by atoms with van der Waals surface area (Å²) < 4.78 is 14.5. The maximum atomic E-state index is 13.7. The highest BCUT2D eigenvalue weighted by atomic mass is 127. The van der Waals surface area contributed by atoms with Crippen LogP contribution in [0.3, 0.4) is 0 Å². The second kappa shape index (κ2) is 7.54. The van der Waals surface area contributed by atoms with Crippen molar-refractivity contribution in [1.29, 1.82) is 0 Å². The fraction of sp³-hybridized carbons (Fsp3) is 0. The number of benzene rings is 2. The summed E-state index contributed by atoms with van der Waals surface area (Å²) in [7, 11) is 0. The van der Waals surface area contributed by atoms with E-state index in [0.717, 1.165) is 3.57 Å². The molecule has 0 atom stereocenters. The number of halogens is 4. The lowest BCUT2D eigenvalue weighted by Gasteiger charge is -2.11. The van der Waals surface area contributed by atoms with E-state index in [4.69, 9.17) is 35.4 Å². The van der Waals surface area contributed by atoms with E-state index in [2.05, 4.69) is 10.6 Å². The molecule has 0 saturated heterocycles. The van der Waals surface area contributed by atoms with E-state index < -0.39 is 11.7 Å². The molecule has 0 saturated carbocycles. The molecule has 0 aliphatic carbocycles. The van der Waals surface area contributed by atoms with Crippen LogP contribution in [0.5, 0.6) is 0 Å². The summed E-state index contributed by atoms with van der Waals surface area (Å²) in [4.78, 5) is 12.1. The molecular weight excluding hydrogens is 461 g/mol. The van der Waals surface area contributed by atoms with Crippen molar-refractivity contribution in [3.05, 3.63) is 61.4 Å². The minimum absolute atomic E-state index is 0.0314. The maximum Gasteiger partial charge on any atom is 0.258 e. The minimum Gasteiger partial charge on any atom is -0.330 e. The Balaban J connectivity index is 2.06. The molecule has 2 aromatic carbocycles. The lowest BCUT2D eigenvalue weighted by atomic mass is 10.2. The van der Waals surface area contributed by atoms with E-state index >= 15 is 0 Å². The second-order valence-electron chi connectivity index (χ2n) is 4.16. The first-order valence-corrected chi connectivity index (χ1v) is 8.13. The smallest absolute Gasteiger partial charge is 0.258 e. The van der Waals surface area contributed by atoms with E-state index in [9.17, 15) is 9.18 Å². The normalized spacial score (nSPS) is 10.2. The van der Waals surface area contributed by atoms with Crippen LogP contribution in [-0.2, 0) is 0 Å². The largest absolute Gasteiger partial charge is 0.330 e. The predicted octanol–water partition coefficient (Wildman–Crippen LogP) is 4.86. The maximum absolute atomic E-state index is 13.7. The van der Waals surface area contributed by atoms with Crippen molar-refractivity contribution in [2.75, 3.05) is 5.32 Å². The van der Waals surface area contributed by atoms with Gasteiger partial charge in [0.25, 0.3) is 5.91 Å². The summed E-state index contributed by atoms with van der Waals surface area (Å²) in [6.07, 6.45) is 0. The topological polar surface area (TPSA) is 41.1 Å². The van der Waals surface area contributed by atoms with Crippen molar-refractivity contribution in [3.63, 3.8) is 0 Å². The zero-order chi connectivity index (χ0) is 16.3. The summed E-state index contributed by atoms with van der Waals surface area (Å²) >= 11 is 18.7. The fourth-order valence-corrected chi connectivity index (χ4v) is 2.74. The Morgan fingerprint density at radius 1 is 1.18 bits per heavy atom. The number of anilines is 1. The van der Waals surface area contributed by atoms with Crippen molar-refractivity contribution < 1.29 is 9.18 Å². The fourth-order valence-electron chi connectivity index (χ4n) is 1.59. The Hall–Kier alpha value is -0.960. The molecule has 114 valence electrons. The van der Waals surface area contributed by atoms with Gasteiger partial charge < -0.3 is 5.32 Å². The molecule has 0 fully saturated rings. The minimum atomic E-state index is -0.509. The van der Waals surface area contributed by atoms with E-state index in [0.29, 0.717) is 5.02 Å². The molecule has 22 heavy (non-hydrogen) atoms. The molecule has 0 heterocycles. The summed E-state index contributed by atoms with van der Waals surface area (Å²) in [5.74, 6) is -0.974. The zero-order valence-electron chi connectivity index (χ0n) is 10.8. The Morgan fingerprint density at radius 3 is 2.55 bits per heavy atom. The Bertz CT molecular complexity index is 758. The molecule has 0 spiro atoms. The van der Waals surface area contributed by atoms with Crippen molar-refractivity contribution in [1.82, 2.24) is 5.32 Å². The van der Waals surface area contributed by atoms with Gasteiger partial charge in [0.1, 0.15) is 5.82 Å². The van der Waals surface area contributed by atoms with Crippen LogP contribution in [0.15, 0.2) is 36.4 Å². The number of hydrogen-bond acceptors (Lipinski definition) is 2. The van der Waals surface area contributed by atoms with Crippen LogP contribution in [0, 0.1) is 9.39 Å². The highest BCUT2D eigenvalue weighted by molar-refractivity contribution is 14.1. The first-order chi connectivity index (χ1) is 10.4. The number of amides is 1. The number of carbonyl (C=O) groups excluding carboxylic acids is 1. The molecule has 2 aromatic rings. The molecule has 0 aromatic heterocycles. The van der Waals surface area contributed by atoms with Gasteiger partial charge in [0.05, 0.1) is 16.3 Å². The summed E-state index contributed by atoms with van der Waals surface area (Å²) in [6, 6.07) is 9.07. The predicted molar refractivity (Wildman–Crippen MR) is 99.3 cm³/mol. The molecule has 0 bridgehead atoms. The van der Waals surface area contributed by atoms with Crippen LogP contribution < -0.4 is 10.6 Å². The van der Waals surface area contributed by atoms with Crippen LogP contribution in [0.25, 0.3) is 0 Å². The molecule has 2 N–H and O–H groups in total. The van der Waals surface area contributed by atoms with Crippen LogP contribution in [0.2, 0.25) is 10.0 Å². The second-order valence-corrected chi connectivity index (χ2v) is 6.65. The number of hydrogen-bond donors (Lipinski definition) is 2. The van der Waals surface area contributed by atoms with Crippen LogP contribution >= 0.6 is 58.0 Å². The van der Waals surface area contributed by atoms with Gasteiger partial charge >= 0.3 is 0 Å². The molecule has 0 unspecified atom stereocenters. The van der Waals surface area contributed by atoms with Crippen molar-refractivity contribution in [2.24, 2.45) is 0 Å². The third kappa shape index (κ3) is 4.52. The molecular formula is C14H8Cl2FIN2OS. The van der Waals surface area contributed by atoms with Gasteiger partial charge in [-0.3, -0.25) is 10.1 Å². The monoisotopic (exact) mass is 468 g/mol. The Kier molecular flexibility index (Phi) is 5.96. The highest BCUT2D eigenvalue weighted by Crippen LogP contribution is 2.21. The molecule has 1 amide bonds. The van der Waals surface area contributed by atoms with Crippen LogP contribution in [0.4, 0.5) is 10.1 Å². The molecule has 2 rings (SSSR count). The number of thiocarbonyl (C=S) groups is 1. The molecule has 0 aliphatic heterocycles. The quantitative estimate of drug-likeness (QED) is 0.488. The number of nitrogens with one attached hydrogen (secondary N) is 2. The van der Waals surface area contributed by atoms with E-state index in [-0.39, 0.29) is 21.4 Å². The number of rotatable bonds is 2. The number of carbonyl (C=O) groups is 1.